The summed E-state index contributed by atoms with van der Waals surface area (Å²) in [5.74, 6) is -6.58. The van der Waals surface area contributed by atoms with E-state index in [1.807, 2.05) is 0 Å². The number of rotatable bonds is 14. The van der Waals surface area contributed by atoms with Crippen molar-refractivity contribution in [3.8, 4) is 23.0 Å². The highest BCUT2D eigenvalue weighted by Gasteiger charge is 2.54. The summed E-state index contributed by atoms with van der Waals surface area (Å²) in [7, 11) is -4.14. The number of fused-ring (bicyclic) bond motifs is 2. The lowest BCUT2D eigenvalue weighted by Gasteiger charge is -2.49. The second kappa shape index (κ2) is 16.2. The van der Waals surface area contributed by atoms with E-state index >= 15 is 0 Å². The lowest BCUT2D eigenvalue weighted by atomic mass is 10.0. The molecule has 0 radical (unpaired) electrons. The molecule has 3 aromatic heterocycles. The van der Waals surface area contributed by atoms with Gasteiger partial charge in [0, 0.05) is 34.2 Å². The summed E-state index contributed by atoms with van der Waals surface area (Å²) >= 11 is 3.36. The van der Waals surface area contributed by atoms with E-state index in [0.717, 1.165) is 46.6 Å². The molecule has 0 saturated carbocycles. The number of nitrogens with two attached hydrogens (primary N) is 1. The minimum atomic E-state index is -4.14. The Balaban J connectivity index is 1.04. The number of aromatic hydroxyl groups is 4. The number of phenols is 4. The van der Waals surface area contributed by atoms with Crippen LogP contribution in [0.2, 0.25) is 0 Å². The monoisotopic (exact) mass is 888 g/mol. The van der Waals surface area contributed by atoms with Crippen LogP contribution in [-0.4, -0.2) is 110 Å². The first kappa shape index (κ1) is 41.0. The van der Waals surface area contributed by atoms with E-state index in [2.05, 4.69) is 35.2 Å². The molecule has 21 nitrogen and oxygen atoms in total. The number of sulfonamides is 1. The quantitative estimate of drug-likeness (QED) is 0.0195. The van der Waals surface area contributed by atoms with Crippen LogP contribution in [-0.2, 0) is 42.4 Å². The number of carbonyl (C=O) groups is 3. The van der Waals surface area contributed by atoms with Gasteiger partial charge in [-0.25, -0.2) is 32.3 Å². The van der Waals surface area contributed by atoms with Crippen molar-refractivity contribution in [2.75, 3.05) is 17.2 Å². The van der Waals surface area contributed by atoms with Gasteiger partial charge in [-0.3, -0.25) is 14.5 Å². The van der Waals surface area contributed by atoms with E-state index in [4.69, 9.17) is 10.6 Å². The van der Waals surface area contributed by atoms with Gasteiger partial charge in [0.05, 0.1) is 11.4 Å². The van der Waals surface area contributed by atoms with Crippen LogP contribution in [0.5, 0.6) is 23.0 Å². The smallest absolute Gasteiger partial charge is 0.352 e. The van der Waals surface area contributed by atoms with Gasteiger partial charge in [-0.1, -0.05) is 5.16 Å². The number of nitrogens with one attached hydrogen (secondary N) is 2. The number of carbonyl (C=O) groups excluding carboxylic acids is 2. The van der Waals surface area contributed by atoms with Gasteiger partial charge in [0.2, 0.25) is 10.0 Å². The number of phenolic OH excluding ortho intramolecular Hbond substituents is 4. The SMILES string of the molecule is Cc1cc(SCC2=C(C(=O)O)N3C(=O)C(NC(=O)C(=NOCc4ccc(O)c(O)c4F)c4csc(N)n4)C3SC2)n2nc(CNS(=O)(=O)c3ccc(O)c(O)c3)nc2n1. The molecule has 5 heterocycles. The standard InChI is InChI=1S/C33H29FN10O11S4/c1-13-6-22(44-33(37-13)39-21(41-44)8-36-59(53,54)16-3-5-18(45)20(47)7-16)56-10-15-11-57-30-25(29(50)43(30)26(15)31(51)52)40-28(49)24(17-12-58-32(35)38-17)42-55-9-14-2-4-19(46)27(48)23(14)34/h2-7,12,25,30,36,45-48H,8-11H2,1H3,(H2,35,38)(H,40,49)(H,51,52). The molecule has 2 unspecified atom stereocenters. The van der Waals surface area contributed by atoms with Gasteiger partial charge in [0.15, 0.2) is 45.5 Å². The summed E-state index contributed by atoms with van der Waals surface area (Å²) in [5, 5.41) is 60.5. The van der Waals surface area contributed by atoms with Crippen LogP contribution in [0, 0.1) is 12.7 Å². The van der Waals surface area contributed by atoms with Gasteiger partial charge in [0.1, 0.15) is 34.4 Å². The van der Waals surface area contributed by atoms with Crippen LogP contribution < -0.4 is 15.8 Å². The lowest BCUT2D eigenvalue weighted by Crippen LogP contribution is -2.71. The first-order valence-electron chi connectivity index (χ1n) is 16.7. The van der Waals surface area contributed by atoms with Crippen molar-refractivity contribution < 1.29 is 57.6 Å². The minimum absolute atomic E-state index is 0.0270. The Labute approximate surface area is 343 Å². The largest absolute Gasteiger partial charge is 0.504 e. The molecule has 2 aromatic carbocycles. The van der Waals surface area contributed by atoms with Gasteiger partial charge in [-0.05, 0) is 42.8 Å². The number of nitrogen functional groups attached to an aromatic ring is 1. The molecule has 0 aliphatic carbocycles. The summed E-state index contributed by atoms with van der Waals surface area (Å²) in [6.07, 6.45) is 0. The molecule has 2 aliphatic rings. The van der Waals surface area contributed by atoms with Crippen molar-refractivity contribution >= 4 is 79.3 Å². The third kappa shape index (κ3) is 8.24. The Morgan fingerprint density at radius 3 is 2.58 bits per heavy atom. The number of hydrogen-bond acceptors (Lipinski definition) is 19. The fourth-order valence-electron chi connectivity index (χ4n) is 5.73. The third-order valence-corrected chi connectivity index (χ3v) is 13.1. The second-order valence-corrected chi connectivity index (χ2v) is 17.3. The van der Waals surface area contributed by atoms with Crippen molar-refractivity contribution in [2.24, 2.45) is 5.16 Å². The lowest BCUT2D eigenvalue weighted by molar-refractivity contribution is -0.150. The average molecular weight is 889 g/mol. The molecule has 2 atom stereocenters. The van der Waals surface area contributed by atoms with E-state index in [1.165, 1.54) is 33.4 Å². The van der Waals surface area contributed by atoms with E-state index in [9.17, 15) is 52.7 Å². The summed E-state index contributed by atoms with van der Waals surface area (Å²) in [6, 6.07) is 5.68. The number of aliphatic carboxylic acids is 1. The second-order valence-electron chi connectivity index (χ2n) is 12.5. The Bertz CT molecular complexity index is 2730. The number of amides is 2. The maximum absolute atomic E-state index is 14.4. The fourth-order valence-corrected chi connectivity index (χ4v) is 9.81. The van der Waals surface area contributed by atoms with Crippen molar-refractivity contribution in [3.05, 3.63) is 81.6 Å². The van der Waals surface area contributed by atoms with Gasteiger partial charge in [0.25, 0.3) is 17.6 Å². The molecular weight excluding hydrogens is 860 g/mol. The van der Waals surface area contributed by atoms with E-state index in [1.54, 1.807) is 13.0 Å². The van der Waals surface area contributed by atoms with Gasteiger partial charge < -0.3 is 41.4 Å². The van der Waals surface area contributed by atoms with Crippen LogP contribution in [0.1, 0.15) is 22.8 Å². The zero-order chi connectivity index (χ0) is 42.3. The number of benzene rings is 2. The van der Waals surface area contributed by atoms with Gasteiger partial charge in [-0.15, -0.1) is 40.0 Å². The summed E-state index contributed by atoms with van der Waals surface area (Å²) in [6.45, 7) is 0.764. The highest BCUT2D eigenvalue weighted by molar-refractivity contribution is 8.01. The number of halogens is 1. The van der Waals surface area contributed by atoms with Crippen molar-refractivity contribution in [2.45, 2.75) is 41.4 Å². The predicted octanol–water partition coefficient (Wildman–Crippen LogP) is 1.36. The molecule has 308 valence electrons. The number of carboxylic acids is 1. The Morgan fingerprint density at radius 2 is 1.86 bits per heavy atom. The molecular formula is C33H29FN10O11S4. The summed E-state index contributed by atoms with van der Waals surface area (Å²) < 4.78 is 43.6. The number of thioether (sulfide) groups is 2. The topological polar surface area (TPSA) is 317 Å². The van der Waals surface area contributed by atoms with E-state index in [0.29, 0.717) is 16.3 Å². The number of β-lactam (4-membered cyclic amide) rings is 1. The predicted molar refractivity (Wildman–Crippen MR) is 207 cm³/mol. The Morgan fingerprint density at radius 1 is 1.10 bits per heavy atom. The van der Waals surface area contributed by atoms with E-state index < -0.39 is 80.4 Å². The zero-order valence-corrected chi connectivity index (χ0v) is 33.2. The first-order chi connectivity index (χ1) is 28.0. The highest BCUT2D eigenvalue weighted by Crippen LogP contribution is 2.42. The number of aryl methyl sites for hydroxylation is 1. The number of carboxylic acid groups (broad SMARTS) is 1. The van der Waals surface area contributed by atoms with Crippen LogP contribution in [0.3, 0.4) is 0 Å². The maximum Gasteiger partial charge on any atom is 0.352 e. The van der Waals surface area contributed by atoms with Gasteiger partial charge in [-0.2, -0.15) is 9.50 Å². The first-order valence-corrected chi connectivity index (χ1v) is 21.1. The summed E-state index contributed by atoms with van der Waals surface area (Å²) in [4.78, 5) is 58.3. The zero-order valence-electron chi connectivity index (χ0n) is 29.9. The number of oxime groups is 1. The molecule has 1 saturated heterocycles. The fraction of sp³-hybridized carbons (Fsp3) is 0.212. The number of thiazole rings is 1. The number of nitrogens with zero attached hydrogens (tertiary/aromatic N) is 7. The van der Waals surface area contributed by atoms with Crippen LogP contribution in [0.4, 0.5) is 9.52 Å². The molecule has 2 amide bonds. The van der Waals surface area contributed by atoms with Gasteiger partial charge >= 0.3 is 5.97 Å². The Kier molecular flexibility index (Phi) is 11.2. The van der Waals surface area contributed by atoms with Crippen molar-refractivity contribution in [3.63, 3.8) is 0 Å². The molecule has 1 fully saturated rings. The maximum atomic E-state index is 14.4. The van der Waals surface area contributed by atoms with Crippen LogP contribution in [0.15, 0.2) is 68.1 Å². The molecule has 0 spiro atoms. The number of aromatic nitrogens is 5. The van der Waals surface area contributed by atoms with Crippen molar-refractivity contribution in [1.29, 1.82) is 0 Å². The molecule has 26 heteroatoms. The van der Waals surface area contributed by atoms with Crippen LogP contribution >= 0.6 is 34.9 Å². The molecule has 7 rings (SSSR count). The number of anilines is 1. The summed E-state index contributed by atoms with van der Waals surface area (Å²) in [5.41, 5.74) is 5.74. The highest BCUT2D eigenvalue weighted by atomic mass is 32.2. The molecule has 2 aliphatic heterocycles. The molecule has 59 heavy (non-hydrogen) atoms. The molecule has 9 N–H and O–H groups in total. The molecule has 0 bridgehead atoms. The normalized spacial score (nSPS) is 16.9. The molecule has 5 aromatic rings. The van der Waals surface area contributed by atoms with Crippen molar-refractivity contribution in [1.82, 2.24) is 39.5 Å². The Hall–Kier alpha value is -6.22. The number of hydrogen-bond donors (Lipinski definition) is 8. The van der Waals surface area contributed by atoms with E-state index in [-0.39, 0.29) is 56.6 Å². The van der Waals surface area contributed by atoms with Crippen LogP contribution in [0.25, 0.3) is 5.78 Å². The average Bonchev–Trinajstić information content (AvgIpc) is 3.82. The minimum Gasteiger partial charge on any atom is -0.504 e. The third-order valence-electron chi connectivity index (χ3n) is 8.59.